The first-order valence-corrected chi connectivity index (χ1v) is 9.93. The number of amides is 3. The summed E-state index contributed by atoms with van der Waals surface area (Å²) in [5, 5.41) is 9.23. The first-order valence-electron chi connectivity index (χ1n) is 8.88. The van der Waals surface area contributed by atoms with Crippen molar-refractivity contribution in [3.8, 4) is 0 Å². The number of nitrogens with zero attached hydrogens (tertiary/aromatic N) is 2. The average molecular weight is 414 g/mol. The molecule has 0 radical (unpaired) electrons. The number of aliphatic carboxylic acids is 1. The van der Waals surface area contributed by atoms with E-state index in [0.29, 0.717) is 41.1 Å². The average Bonchev–Trinajstić information content (AvgIpc) is 3.07. The number of carboxylic acid groups (broad SMARTS) is 1. The predicted molar refractivity (Wildman–Crippen MR) is 106 cm³/mol. The Hall–Kier alpha value is -3.11. The molecule has 0 unspecified atom stereocenters. The number of hydrogen-bond donors (Lipinski definition) is 3. The lowest BCUT2D eigenvalue weighted by Gasteiger charge is -2.47. The largest absolute Gasteiger partial charge is 0.477 e. The van der Waals surface area contributed by atoms with E-state index in [1.54, 1.807) is 35.2 Å². The minimum atomic E-state index is -1.22. The number of carbonyl (C=O) groups excluding carboxylic acids is 3. The highest BCUT2D eigenvalue weighted by molar-refractivity contribution is 8.00. The van der Waals surface area contributed by atoms with Gasteiger partial charge in [0.05, 0.1) is 0 Å². The van der Waals surface area contributed by atoms with Gasteiger partial charge in [0, 0.05) is 29.1 Å². The number of benzene rings is 1. The van der Waals surface area contributed by atoms with Gasteiger partial charge in [0.15, 0.2) is 0 Å². The van der Waals surface area contributed by atoms with Crippen LogP contribution in [0.15, 0.2) is 47.2 Å². The second-order valence-corrected chi connectivity index (χ2v) is 8.01. The van der Waals surface area contributed by atoms with Crippen LogP contribution in [0.3, 0.4) is 0 Å². The Morgan fingerprint density at radius 2 is 1.90 bits per heavy atom. The van der Waals surface area contributed by atoms with Gasteiger partial charge in [-0.2, -0.15) is 0 Å². The van der Waals surface area contributed by atoms with Crippen molar-refractivity contribution in [2.45, 2.75) is 17.8 Å². The van der Waals surface area contributed by atoms with Crippen LogP contribution in [0, 0.1) is 0 Å². The minimum Gasteiger partial charge on any atom is -0.477 e. The van der Waals surface area contributed by atoms with Crippen molar-refractivity contribution in [1.82, 2.24) is 4.90 Å². The number of carbonyl (C=O) groups is 4. The molecular weight excluding hydrogens is 396 g/mol. The van der Waals surface area contributed by atoms with Crippen molar-refractivity contribution < 1.29 is 24.3 Å². The van der Waals surface area contributed by atoms with E-state index in [9.17, 15) is 24.3 Å². The summed E-state index contributed by atoms with van der Waals surface area (Å²) in [5.41, 5.74) is 12.7. The normalized spacial score (nSPS) is 25.3. The molecule has 3 heterocycles. The number of β-lactam (4-membered cyclic amide) rings is 1. The van der Waals surface area contributed by atoms with Gasteiger partial charge < -0.3 is 21.5 Å². The topological polar surface area (TPSA) is 147 Å². The highest BCUT2D eigenvalue weighted by Gasteiger charge is 2.51. The second kappa shape index (κ2) is 7.05. The number of fused-ring (bicyclic) bond motifs is 1. The van der Waals surface area contributed by atoms with Gasteiger partial charge >= 0.3 is 5.97 Å². The minimum absolute atomic E-state index is 0.106. The maximum absolute atomic E-state index is 12.8. The maximum Gasteiger partial charge on any atom is 0.352 e. The van der Waals surface area contributed by atoms with E-state index in [1.165, 1.54) is 16.7 Å². The molecule has 2 fully saturated rings. The molecule has 5 N–H and O–H groups in total. The zero-order valence-corrected chi connectivity index (χ0v) is 16.0. The van der Waals surface area contributed by atoms with E-state index in [0.717, 1.165) is 0 Å². The quantitative estimate of drug-likeness (QED) is 0.465. The molecule has 29 heavy (non-hydrogen) atoms. The number of carboxylic acids is 1. The van der Waals surface area contributed by atoms with Gasteiger partial charge in [0.1, 0.15) is 17.1 Å². The molecule has 1 aromatic rings. The van der Waals surface area contributed by atoms with Crippen LogP contribution >= 0.6 is 11.8 Å². The van der Waals surface area contributed by atoms with E-state index < -0.39 is 23.8 Å². The summed E-state index contributed by atoms with van der Waals surface area (Å²) in [4.78, 5) is 50.6. The number of primary amides is 1. The van der Waals surface area contributed by atoms with E-state index in [2.05, 4.69) is 0 Å². The van der Waals surface area contributed by atoms with Crippen LogP contribution in [-0.2, 0) is 14.4 Å². The second-order valence-electron chi connectivity index (χ2n) is 6.90. The predicted octanol–water partition coefficient (Wildman–Crippen LogP) is 0.0297. The summed E-state index contributed by atoms with van der Waals surface area (Å²) < 4.78 is 0. The summed E-state index contributed by atoms with van der Waals surface area (Å²) in [7, 11) is 0. The van der Waals surface area contributed by atoms with Crippen molar-refractivity contribution in [3.63, 3.8) is 0 Å². The molecule has 1 aromatic carbocycles. The lowest BCUT2D eigenvalue weighted by atomic mass is 10.0. The molecule has 3 aliphatic heterocycles. The molecule has 150 valence electrons. The van der Waals surface area contributed by atoms with Crippen LogP contribution in [0.25, 0.3) is 0 Å². The van der Waals surface area contributed by atoms with E-state index in [1.807, 2.05) is 0 Å². The Morgan fingerprint density at radius 1 is 1.21 bits per heavy atom. The van der Waals surface area contributed by atoms with E-state index >= 15 is 0 Å². The zero-order valence-electron chi connectivity index (χ0n) is 15.2. The molecular formula is C19H18N4O5S. The number of anilines is 1. The smallest absolute Gasteiger partial charge is 0.352 e. The lowest BCUT2D eigenvalue weighted by molar-refractivity contribution is -0.147. The third-order valence-electron chi connectivity index (χ3n) is 5.18. The van der Waals surface area contributed by atoms with Gasteiger partial charge in [-0.05, 0) is 42.3 Å². The number of allylic oxidation sites excluding steroid dienone is 1. The van der Waals surface area contributed by atoms with Crippen molar-refractivity contribution in [1.29, 1.82) is 0 Å². The van der Waals surface area contributed by atoms with Crippen molar-refractivity contribution in [3.05, 3.63) is 52.7 Å². The van der Waals surface area contributed by atoms with Crippen LogP contribution in [0.5, 0.6) is 0 Å². The fourth-order valence-corrected chi connectivity index (χ4v) is 4.91. The van der Waals surface area contributed by atoms with Gasteiger partial charge in [0.25, 0.3) is 5.91 Å². The monoisotopic (exact) mass is 414 g/mol. The first-order chi connectivity index (χ1) is 13.8. The Balaban J connectivity index is 1.61. The molecule has 9 nitrogen and oxygen atoms in total. The van der Waals surface area contributed by atoms with Crippen molar-refractivity contribution >= 4 is 41.1 Å². The molecule has 0 aromatic heterocycles. The summed E-state index contributed by atoms with van der Waals surface area (Å²) in [6.07, 6.45) is 2.01. The molecule has 3 aliphatic rings. The number of thioether (sulfide) groups is 1. The molecule has 0 bridgehead atoms. The fraction of sp³-hybridized carbons (Fsp3) is 0.263. The molecule has 0 aliphatic carbocycles. The highest BCUT2D eigenvalue weighted by atomic mass is 32.2. The SMILES string of the molecule is NC(=O)c1ccc(N2CC/C(=C\C3=C(C(=O)O)N4C(=O)[C@@H](N)[C@H]4SC3)C2=O)cc1. The van der Waals surface area contributed by atoms with Gasteiger partial charge in [-0.15, -0.1) is 11.8 Å². The molecule has 0 saturated carbocycles. The highest BCUT2D eigenvalue weighted by Crippen LogP contribution is 2.40. The van der Waals surface area contributed by atoms with Gasteiger partial charge in [-0.25, -0.2) is 4.79 Å². The summed E-state index contributed by atoms with van der Waals surface area (Å²) in [6, 6.07) is 5.69. The molecule has 2 saturated heterocycles. The summed E-state index contributed by atoms with van der Waals surface area (Å²) >= 11 is 1.39. The Morgan fingerprint density at radius 3 is 2.52 bits per heavy atom. The fourth-order valence-electron chi connectivity index (χ4n) is 3.66. The number of hydrogen-bond acceptors (Lipinski definition) is 6. The van der Waals surface area contributed by atoms with E-state index in [-0.39, 0.29) is 17.0 Å². The molecule has 0 spiro atoms. The maximum atomic E-state index is 12.8. The van der Waals surface area contributed by atoms with Crippen LogP contribution in [-0.4, -0.2) is 57.4 Å². The summed E-state index contributed by atoms with van der Waals surface area (Å²) in [5.74, 6) is -2.08. The number of nitrogens with two attached hydrogens (primary N) is 2. The van der Waals surface area contributed by atoms with Gasteiger partial charge in [-0.3, -0.25) is 19.3 Å². The first kappa shape index (κ1) is 19.2. The lowest BCUT2D eigenvalue weighted by Crippen LogP contribution is -2.68. The Kier molecular flexibility index (Phi) is 4.67. The number of rotatable bonds is 4. The van der Waals surface area contributed by atoms with Crippen molar-refractivity contribution in [2.24, 2.45) is 11.5 Å². The zero-order chi connectivity index (χ0) is 20.9. The van der Waals surface area contributed by atoms with E-state index in [4.69, 9.17) is 11.5 Å². The van der Waals surface area contributed by atoms with Crippen LogP contribution < -0.4 is 16.4 Å². The third kappa shape index (κ3) is 3.10. The van der Waals surface area contributed by atoms with Crippen molar-refractivity contribution in [2.75, 3.05) is 17.2 Å². The summed E-state index contributed by atoms with van der Waals surface area (Å²) in [6.45, 7) is 0.430. The Labute approximate surface area is 170 Å². The Bertz CT molecular complexity index is 1000. The molecule has 3 amide bonds. The third-order valence-corrected chi connectivity index (χ3v) is 6.50. The van der Waals surface area contributed by atoms with Gasteiger partial charge in [-0.1, -0.05) is 0 Å². The van der Waals surface area contributed by atoms with Crippen LogP contribution in [0.4, 0.5) is 5.69 Å². The van der Waals surface area contributed by atoms with Gasteiger partial charge in [0.2, 0.25) is 11.8 Å². The molecule has 2 atom stereocenters. The standard InChI is InChI=1S/C19H18N4O5S/c20-13-17(26)23-14(19(27)28)11(8-29-18(13)23)7-10-5-6-22(16(10)25)12-3-1-9(2-4-12)15(21)24/h1-4,7,13,18H,5-6,8,20H2,(H2,21,24)(H,27,28)/b10-7+/t13-,18-/m1/s1. The van der Waals surface area contributed by atoms with Crippen LogP contribution in [0.1, 0.15) is 16.8 Å². The molecule has 4 rings (SSSR count). The molecule has 10 heteroatoms. The van der Waals surface area contributed by atoms with Crippen LogP contribution in [0.2, 0.25) is 0 Å².